The molecular formula is C24H33N3O4. The summed E-state index contributed by atoms with van der Waals surface area (Å²) in [6, 6.07) is 13.2. The molecule has 0 aliphatic carbocycles. The van der Waals surface area contributed by atoms with Gasteiger partial charge in [0.2, 0.25) is 5.91 Å². The SMILES string of the molecule is CCOc1ccc(CCNC(=O)CN2CCN(c3ccc(O)cc3)CC2)cc1OCC. The predicted molar refractivity (Wildman–Crippen MR) is 122 cm³/mol. The molecule has 0 saturated carbocycles. The van der Waals surface area contributed by atoms with Gasteiger partial charge in [-0.1, -0.05) is 6.07 Å². The van der Waals surface area contributed by atoms with Crippen LogP contribution in [0.5, 0.6) is 17.2 Å². The molecule has 0 unspecified atom stereocenters. The van der Waals surface area contributed by atoms with Crippen LogP contribution in [0.3, 0.4) is 0 Å². The average Bonchev–Trinajstić information content (AvgIpc) is 2.77. The van der Waals surface area contributed by atoms with E-state index in [-0.39, 0.29) is 11.7 Å². The highest BCUT2D eigenvalue weighted by atomic mass is 16.5. The van der Waals surface area contributed by atoms with Crippen molar-refractivity contribution in [3.8, 4) is 17.2 Å². The number of piperazine rings is 1. The molecule has 7 heteroatoms. The van der Waals surface area contributed by atoms with Gasteiger partial charge in [-0.05, 0) is 62.2 Å². The van der Waals surface area contributed by atoms with Gasteiger partial charge in [0.1, 0.15) is 5.75 Å². The number of carbonyl (C=O) groups is 1. The second-order valence-electron chi connectivity index (χ2n) is 7.53. The third-order valence-electron chi connectivity index (χ3n) is 5.30. The number of hydrogen-bond donors (Lipinski definition) is 2. The van der Waals surface area contributed by atoms with Crippen LogP contribution in [0.2, 0.25) is 0 Å². The summed E-state index contributed by atoms with van der Waals surface area (Å²) in [6.07, 6.45) is 0.743. The van der Waals surface area contributed by atoms with E-state index in [1.165, 1.54) is 0 Å². The van der Waals surface area contributed by atoms with Gasteiger partial charge in [-0.3, -0.25) is 9.69 Å². The first-order valence-electron chi connectivity index (χ1n) is 11.0. The number of benzene rings is 2. The number of nitrogens with zero attached hydrogens (tertiary/aromatic N) is 2. The Morgan fingerprint density at radius 2 is 1.65 bits per heavy atom. The Labute approximate surface area is 184 Å². The maximum atomic E-state index is 12.4. The molecule has 1 aliphatic heterocycles. The molecule has 1 saturated heterocycles. The first kappa shape index (κ1) is 22.7. The zero-order valence-corrected chi connectivity index (χ0v) is 18.5. The third-order valence-corrected chi connectivity index (χ3v) is 5.30. The van der Waals surface area contributed by atoms with E-state index in [9.17, 15) is 9.90 Å². The van der Waals surface area contributed by atoms with Gasteiger partial charge in [0, 0.05) is 38.4 Å². The lowest BCUT2D eigenvalue weighted by atomic mass is 10.1. The molecule has 168 valence electrons. The summed E-state index contributed by atoms with van der Waals surface area (Å²) in [6.45, 7) is 9.49. The molecule has 3 rings (SSSR count). The number of hydrogen-bond acceptors (Lipinski definition) is 6. The van der Waals surface area contributed by atoms with Crippen LogP contribution >= 0.6 is 0 Å². The number of ether oxygens (including phenoxy) is 2. The van der Waals surface area contributed by atoms with Gasteiger partial charge in [0.05, 0.1) is 19.8 Å². The molecule has 2 aromatic carbocycles. The summed E-state index contributed by atoms with van der Waals surface area (Å²) in [7, 11) is 0. The number of rotatable bonds is 10. The lowest BCUT2D eigenvalue weighted by Crippen LogP contribution is -2.49. The topological polar surface area (TPSA) is 74.3 Å². The van der Waals surface area contributed by atoms with Crippen molar-refractivity contribution in [2.45, 2.75) is 20.3 Å². The summed E-state index contributed by atoms with van der Waals surface area (Å²) >= 11 is 0. The maximum absolute atomic E-state index is 12.4. The van der Waals surface area contributed by atoms with E-state index in [1.54, 1.807) is 12.1 Å². The molecular weight excluding hydrogens is 394 g/mol. The Hall–Kier alpha value is -2.93. The van der Waals surface area contributed by atoms with Crippen LogP contribution in [0.4, 0.5) is 5.69 Å². The van der Waals surface area contributed by atoms with E-state index in [0.717, 1.165) is 55.3 Å². The molecule has 2 aromatic rings. The number of aromatic hydroxyl groups is 1. The number of phenols is 1. The first-order chi connectivity index (χ1) is 15.1. The second-order valence-corrected chi connectivity index (χ2v) is 7.53. The molecule has 1 fully saturated rings. The summed E-state index contributed by atoms with van der Waals surface area (Å²) in [4.78, 5) is 16.8. The lowest BCUT2D eigenvalue weighted by molar-refractivity contribution is -0.122. The van der Waals surface area contributed by atoms with Gasteiger partial charge in [0.25, 0.3) is 0 Å². The minimum Gasteiger partial charge on any atom is -0.508 e. The molecule has 0 radical (unpaired) electrons. The van der Waals surface area contributed by atoms with Crippen LogP contribution in [-0.4, -0.2) is 68.4 Å². The molecule has 0 spiro atoms. The zero-order chi connectivity index (χ0) is 22.1. The van der Waals surface area contributed by atoms with E-state index in [0.29, 0.717) is 26.3 Å². The van der Waals surface area contributed by atoms with Crippen LogP contribution in [0.1, 0.15) is 19.4 Å². The van der Waals surface area contributed by atoms with Crippen LogP contribution in [0, 0.1) is 0 Å². The molecule has 7 nitrogen and oxygen atoms in total. The Kier molecular flexibility index (Phi) is 8.41. The molecule has 0 bridgehead atoms. The standard InChI is InChI=1S/C24H33N3O4/c1-3-30-22-10-5-19(17-23(22)31-4-2)11-12-25-24(29)18-26-13-15-27(16-14-26)20-6-8-21(28)9-7-20/h5-10,17,28H,3-4,11-16,18H2,1-2H3,(H,25,29). The summed E-state index contributed by atoms with van der Waals surface area (Å²) in [5.41, 5.74) is 2.21. The zero-order valence-electron chi connectivity index (χ0n) is 18.5. The average molecular weight is 428 g/mol. The van der Waals surface area contributed by atoms with Crippen molar-refractivity contribution in [3.05, 3.63) is 48.0 Å². The normalized spacial score (nSPS) is 14.3. The van der Waals surface area contributed by atoms with E-state index in [1.807, 2.05) is 44.2 Å². The molecule has 31 heavy (non-hydrogen) atoms. The van der Waals surface area contributed by atoms with Crippen molar-refractivity contribution in [2.24, 2.45) is 0 Å². The Morgan fingerprint density at radius 1 is 0.968 bits per heavy atom. The fourth-order valence-electron chi connectivity index (χ4n) is 3.68. The number of phenolic OH excluding ortho intramolecular Hbond substituents is 1. The monoisotopic (exact) mass is 427 g/mol. The van der Waals surface area contributed by atoms with Crippen molar-refractivity contribution < 1.29 is 19.4 Å². The van der Waals surface area contributed by atoms with E-state index < -0.39 is 0 Å². The number of carbonyl (C=O) groups excluding carboxylic acids is 1. The Morgan fingerprint density at radius 3 is 2.32 bits per heavy atom. The van der Waals surface area contributed by atoms with Crippen LogP contribution in [-0.2, 0) is 11.2 Å². The lowest BCUT2D eigenvalue weighted by Gasteiger charge is -2.35. The Bertz CT molecular complexity index is 833. The van der Waals surface area contributed by atoms with Gasteiger partial charge in [-0.15, -0.1) is 0 Å². The van der Waals surface area contributed by atoms with E-state index in [4.69, 9.17) is 9.47 Å². The van der Waals surface area contributed by atoms with E-state index >= 15 is 0 Å². The summed E-state index contributed by atoms with van der Waals surface area (Å²) in [5, 5.41) is 12.5. The largest absolute Gasteiger partial charge is 0.508 e. The van der Waals surface area contributed by atoms with E-state index in [2.05, 4.69) is 15.1 Å². The fraction of sp³-hybridized carbons (Fsp3) is 0.458. The minimum absolute atomic E-state index is 0.0500. The van der Waals surface area contributed by atoms with Crippen molar-refractivity contribution in [1.29, 1.82) is 0 Å². The molecule has 2 N–H and O–H groups in total. The molecule has 1 aliphatic rings. The number of nitrogens with one attached hydrogen (secondary N) is 1. The number of anilines is 1. The Balaban J connectivity index is 1.40. The van der Waals surface area contributed by atoms with Crippen molar-refractivity contribution >= 4 is 11.6 Å². The molecule has 1 heterocycles. The maximum Gasteiger partial charge on any atom is 0.234 e. The van der Waals surface area contributed by atoms with Gasteiger partial charge < -0.3 is 24.8 Å². The highest BCUT2D eigenvalue weighted by Crippen LogP contribution is 2.28. The summed E-state index contributed by atoms with van der Waals surface area (Å²) in [5.74, 6) is 1.83. The highest BCUT2D eigenvalue weighted by Gasteiger charge is 2.19. The van der Waals surface area contributed by atoms with Crippen molar-refractivity contribution in [3.63, 3.8) is 0 Å². The number of amides is 1. The predicted octanol–water partition coefficient (Wildman–Crippen LogP) is 2.67. The molecule has 1 amide bonds. The smallest absolute Gasteiger partial charge is 0.234 e. The fourth-order valence-corrected chi connectivity index (χ4v) is 3.68. The highest BCUT2D eigenvalue weighted by molar-refractivity contribution is 5.78. The molecule has 0 atom stereocenters. The minimum atomic E-state index is 0.0500. The summed E-state index contributed by atoms with van der Waals surface area (Å²) < 4.78 is 11.3. The first-order valence-corrected chi connectivity index (χ1v) is 11.0. The van der Waals surface area contributed by atoms with Crippen LogP contribution in [0.15, 0.2) is 42.5 Å². The van der Waals surface area contributed by atoms with Gasteiger partial charge >= 0.3 is 0 Å². The van der Waals surface area contributed by atoms with Gasteiger partial charge in [-0.2, -0.15) is 0 Å². The molecule has 0 aromatic heterocycles. The third kappa shape index (κ3) is 6.79. The van der Waals surface area contributed by atoms with Crippen LogP contribution < -0.4 is 19.7 Å². The van der Waals surface area contributed by atoms with Gasteiger partial charge in [-0.25, -0.2) is 0 Å². The van der Waals surface area contributed by atoms with Gasteiger partial charge in [0.15, 0.2) is 11.5 Å². The van der Waals surface area contributed by atoms with Crippen LogP contribution in [0.25, 0.3) is 0 Å². The van der Waals surface area contributed by atoms with Crippen molar-refractivity contribution in [1.82, 2.24) is 10.2 Å². The second kappa shape index (κ2) is 11.5. The quantitative estimate of drug-likeness (QED) is 0.607. The van der Waals surface area contributed by atoms with Crippen molar-refractivity contribution in [2.75, 3.05) is 57.4 Å².